The van der Waals surface area contributed by atoms with Gasteiger partial charge in [-0.15, -0.1) is 0 Å². The minimum Gasteiger partial charge on any atom is -0.444 e. The number of piperidine rings is 1. The molecule has 1 aliphatic rings. The van der Waals surface area contributed by atoms with Crippen LogP contribution in [0.1, 0.15) is 45.3 Å². The summed E-state index contributed by atoms with van der Waals surface area (Å²) in [5.41, 5.74) is -0.927. The maximum Gasteiger partial charge on any atom is 0.407 e. The Hall–Kier alpha value is -1.83. The van der Waals surface area contributed by atoms with Gasteiger partial charge in [0, 0.05) is 19.1 Å². The van der Waals surface area contributed by atoms with E-state index in [1.54, 1.807) is 20.8 Å². The maximum absolute atomic E-state index is 13.4. The molecule has 1 N–H and O–H groups in total. The summed E-state index contributed by atoms with van der Waals surface area (Å²) in [6.07, 6.45) is -4.57. The van der Waals surface area contributed by atoms with E-state index in [1.165, 1.54) is 22.5 Å². The van der Waals surface area contributed by atoms with Crippen molar-refractivity contribution in [3.8, 4) is 0 Å². The first-order valence-corrected chi connectivity index (χ1v) is 13.1. The second kappa shape index (κ2) is 9.98. The van der Waals surface area contributed by atoms with Gasteiger partial charge < -0.3 is 10.1 Å². The molecule has 1 saturated heterocycles. The van der Waals surface area contributed by atoms with Gasteiger partial charge in [-0.3, -0.25) is 4.18 Å². The molecule has 0 aliphatic carbocycles. The van der Waals surface area contributed by atoms with E-state index in [4.69, 9.17) is 4.74 Å². The molecule has 13 heteroatoms. The zero-order chi connectivity index (χ0) is 24.3. The van der Waals surface area contributed by atoms with Crippen molar-refractivity contribution in [3.63, 3.8) is 0 Å². The van der Waals surface area contributed by atoms with Crippen LogP contribution in [0.5, 0.6) is 0 Å². The molecule has 0 radical (unpaired) electrons. The lowest BCUT2D eigenvalue weighted by Gasteiger charge is -2.32. The van der Waals surface area contributed by atoms with E-state index in [0.29, 0.717) is 19.1 Å². The molecule has 1 aliphatic heterocycles. The molecule has 1 fully saturated rings. The molecule has 0 saturated carbocycles. The van der Waals surface area contributed by atoms with E-state index in [9.17, 15) is 30.4 Å². The number of nitrogens with one attached hydrogen (secondary N) is 1. The zero-order valence-corrected chi connectivity index (χ0v) is 19.9. The first-order valence-electron chi connectivity index (χ1n) is 9.84. The van der Waals surface area contributed by atoms with Crippen molar-refractivity contribution in [3.05, 3.63) is 29.8 Å². The molecule has 1 atom stereocenters. The van der Waals surface area contributed by atoms with Crippen molar-refractivity contribution in [2.24, 2.45) is 0 Å². The Bertz CT molecular complexity index is 1020. The number of carbonyl (C=O) groups excluding carboxylic acids is 1. The fraction of sp³-hybridized carbons (Fsp3) is 0.632. The fourth-order valence-electron chi connectivity index (χ4n) is 3.15. The van der Waals surface area contributed by atoms with E-state index in [0.717, 1.165) is 6.07 Å². The molecule has 0 aromatic heterocycles. The molecule has 182 valence electrons. The van der Waals surface area contributed by atoms with Gasteiger partial charge in [0.2, 0.25) is 10.0 Å². The highest BCUT2D eigenvalue weighted by Gasteiger charge is 2.33. The number of alkyl halides is 2. The topological polar surface area (TPSA) is 119 Å². The third-order valence-electron chi connectivity index (χ3n) is 4.51. The maximum atomic E-state index is 13.4. The zero-order valence-electron chi connectivity index (χ0n) is 18.2. The molecule has 1 heterocycles. The van der Waals surface area contributed by atoms with Gasteiger partial charge in [-0.1, -0.05) is 12.1 Å². The SMILES string of the molecule is CC(C)(C)OC(=O)NC1CCN(S(=O)(=O)c2cccc(C(OS(C)(=O)=O)C(F)F)c2)CC1. The number of rotatable bonds is 7. The van der Waals surface area contributed by atoms with Crippen molar-refractivity contribution in [2.75, 3.05) is 19.3 Å². The second-order valence-corrected chi connectivity index (χ2v) is 12.0. The summed E-state index contributed by atoms with van der Waals surface area (Å²) in [6, 6.07) is 4.39. The van der Waals surface area contributed by atoms with Gasteiger partial charge in [0.25, 0.3) is 16.5 Å². The summed E-state index contributed by atoms with van der Waals surface area (Å²) in [4.78, 5) is 11.6. The lowest BCUT2D eigenvalue weighted by atomic mass is 10.1. The van der Waals surface area contributed by atoms with Crippen LogP contribution in [0.3, 0.4) is 0 Å². The number of sulfonamides is 1. The van der Waals surface area contributed by atoms with Gasteiger partial charge in [0.15, 0.2) is 6.10 Å². The highest BCUT2D eigenvalue weighted by molar-refractivity contribution is 7.89. The predicted octanol–water partition coefficient (Wildman–Crippen LogP) is 2.65. The normalized spacial score (nSPS) is 17.8. The Morgan fingerprint density at radius 2 is 1.75 bits per heavy atom. The smallest absolute Gasteiger partial charge is 0.407 e. The summed E-state index contributed by atoms with van der Waals surface area (Å²) < 4.78 is 86.2. The summed E-state index contributed by atoms with van der Waals surface area (Å²) in [7, 11) is -8.23. The molecule has 1 amide bonds. The molecule has 32 heavy (non-hydrogen) atoms. The van der Waals surface area contributed by atoms with Crippen LogP contribution in [0.4, 0.5) is 13.6 Å². The van der Waals surface area contributed by atoms with Gasteiger partial charge in [-0.25, -0.2) is 22.0 Å². The van der Waals surface area contributed by atoms with E-state index in [-0.39, 0.29) is 29.6 Å². The largest absolute Gasteiger partial charge is 0.444 e. The van der Waals surface area contributed by atoms with Gasteiger partial charge in [-0.05, 0) is 51.3 Å². The first-order chi connectivity index (χ1) is 14.6. The number of ether oxygens (including phenoxy) is 1. The Morgan fingerprint density at radius 1 is 1.16 bits per heavy atom. The van der Waals surface area contributed by atoms with E-state index < -0.39 is 44.4 Å². The average molecular weight is 499 g/mol. The highest BCUT2D eigenvalue weighted by Crippen LogP contribution is 2.29. The fourth-order valence-corrected chi connectivity index (χ4v) is 5.24. The molecular weight excluding hydrogens is 470 g/mol. The summed E-state index contributed by atoms with van der Waals surface area (Å²) in [5.74, 6) is 0. The van der Waals surface area contributed by atoms with Crippen molar-refractivity contribution < 1.29 is 39.3 Å². The van der Waals surface area contributed by atoms with E-state index >= 15 is 0 Å². The van der Waals surface area contributed by atoms with Crippen LogP contribution in [0, 0.1) is 0 Å². The number of amides is 1. The van der Waals surface area contributed by atoms with Crippen LogP contribution >= 0.6 is 0 Å². The molecule has 2 rings (SSSR count). The van der Waals surface area contributed by atoms with Crippen LogP contribution in [0.2, 0.25) is 0 Å². The molecule has 1 aromatic rings. The van der Waals surface area contributed by atoms with Gasteiger partial charge in [0.05, 0.1) is 11.2 Å². The van der Waals surface area contributed by atoms with Gasteiger partial charge in [0.1, 0.15) is 5.60 Å². The van der Waals surface area contributed by atoms with Gasteiger partial charge in [-0.2, -0.15) is 12.7 Å². The standard InChI is InChI=1S/C19H28F2N2O7S2/c1-19(2,3)29-18(24)22-14-8-10-23(11-9-14)32(27,28)15-7-5-6-13(12-15)16(17(20)21)30-31(4,25)26/h5-7,12,14,16-17H,8-11H2,1-4H3,(H,22,24). The van der Waals surface area contributed by atoms with E-state index in [1.807, 2.05) is 0 Å². The Kier molecular flexibility index (Phi) is 8.24. The molecular formula is C19H28F2N2O7S2. The summed E-state index contributed by atoms with van der Waals surface area (Å²) in [5, 5.41) is 2.71. The number of carbonyl (C=O) groups is 1. The third-order valence-corrected chi connectivity index (χ3v) is 6.96. The first kappa shape index (κ1) is 26.4. The number of alkyl carbamates (subject to hydrolysis) is 1. The second-order valence-electron chi connectivity index (χ2n) is 8.45. The molecule has 9 nitrogen and oxygen atoms in total. The minimum atomic E-state index is -4.20. The van der Waals surface area contributed by atoms with Crippen LogP contribution in [0.25, 0.3) is 0 Å². The lowest BCUT2D eigenvalue weighted by Crippen LogP contribution is -2.47. The highest BCUT2D eigenvalue weighted by atomic mass is 32.2. The molecule has 0 bridgehead atoms. The lowest BCUT2D eigenvalue weighted by molar-refractivity contribution is 0.0146. The minimum absolute atomic E-state index is 0.102. The van der Waals surface area contributed by atoms with Crippen molar-refractivity contribution in [1.82, 2.24) is 9.62 Å². The Balaban J connectivity index is 2.11. The van der Waals surface area contributed by atoms with E-state index in [2.05, 4.69) is 9.50 Å². The quantitative estimate of drug-likeness (QED) is 0.574. The predicted molar refractivity (Wildman–Crippen MR) is 112 cm³/mol. The van der Waals surface area contributed by atoms with Crippen molar-refractivity contribution >= 4 is 26.2 Å². The number of hydrogen-bond acceptors (Lipinski definition) is 7. The number of hydrogen-bond donors (Lipinski definition) is 1. The number of benzene rings is 1. The molecule has 1 aromatic carbocycles. The third kappa shape index (κ3) is 7.64. The Labute approximate surface area is 187 Å². The summed E-state index contributed by atoms with van der Waals surface area (Å²) >= 11 is 0. The summed E-state index contributed by atoms with van der Waals surface area (Å²) in [6.45, 7) is 5.40. The van der Waals surface area contributed by atoms with Crippen LogP contribution in [0.15, 0.2) is 29.2 Å². The van der Waals surface area contributed by atoms with Gasteiger partial charge >= 0.3 is 6.09 Å². The van der Waals surface area contributed by atoms with Crippen LogP contribution < -0.4 is 5.32 Å². The number of nitrogens with zero attached hydrogens (tertiary/aromatic N) is 1. The molecule has 1 unspecified atom stereocenters. The van der Waals surface area contributed by atoms with Crippen LogP contribution in [-0.2, 0) is 29.1 Å². The molecule has 0 spiro atoms. The monoisotopic (exact) mass is 498 g/mol. The van der Waals surface area contributed by atoms with Crippen molar-refractivity contribution in [1.29, 1.82) is 0 Å². The number of halogens is 2. The van der Waals surface area contributed by atoms with Crippen molar-refractivity contribution in [2.45, 2.75) is 62.7 Å². The Morgan fingerprint density at radius 3 is 2.25 bits per heavy atom. The van der Waals surface area contributed by atoms with Crippen LogP contribution in [-0.4, -0.2) is 64.6 Å². The average Bonchev–Trinajstić information content (AvgIpc) is 2.64.